The summed E-state index contributed by atoms with van der Waals surface area (Å²) in [4.78, 5) is 0. The molecule has 84 valence electrons. The Morgan fingerprint density at radius 3 is 2.29 bits per heavy atom. The van der Waals surface area contributed by atoms with Crippen LogP contribution in [-0.4, -0.2) is 27.1 Å². The number of hydrogen-bond donors (Lipinski definition) is 0. The van der Waals surface area contributed by atoms with Gasteiger partial charge in [-0.15, -0.1) is 0 Å². The van der Waals surface area contributed by atoms with E-state index in [0.29, 0.717) is 17.2 Å². The van der Waals surface area contributed by atoms with Crippen molar-refractivity contribution >= 4 is 8.32 Å². The highest BCUT2D eigenvalue weighted by molar-refractivity contribution is 6.74. The Hall–Kier alpha value is 0.137. The van der Waals surface area contributed by atoms with Gasteiger partial charge in [0, 0.05) is 12.5 Å². The second-order valence-corrected chi connectivity index (χ2v) is 10.6. The summed E-state index contributed by atoms with van der Waals surface area (Å²) in [6, 6.07) is 0. The van der Waals surface area contributed by atoms with Crippen molar-refractivity contribution in [1.29, 1.82) is 0 Å². The van der Waals surface area contributed by atoms with Crippen LogP contribution >= 0.6 is 0 Å². The summed E-state index contributed by atoms with van der Waals surface area (Å²) in [5.41, 5.74) is 0. The molecule has 0 aromatic carbocycles. The van der Waals surface area contributed by atoms with E-state index in [1.165, 1.54) is 0 Å². The first-order valence-electron chi connectivity index (χ1n) is 5.52. The van der Waals surface area contributed by atoms with Crippen LogP contribution in [0.3, 0.4) is 0 Å². The maximum Gasteiger partial charge on any atom is 0.192 e. The maximum absolute atomic E-state index is 6.21. The van der Waals surface area contributed by atoms with Gasteiger partial charge in [0.15, 0.2) is 8.32 Å². The fraction of sp³-hybridized carbons (Fsp3) is 1.00. The molecule has 1 saturated heterocycles. The van der Waals surface area contributed by atoms with Gasteiger partial charge in [-0.25, -0.2) is 0 Å². The van der Waals surface area contributed by atoms with Crippen molar-refractivity contribution < 1.29 is 9.16 Å². The van der Waals surface area contributed by atoms with Crippen LogP contribution in [0.1, 0.15) is 34.1 Å². The summed E-state index contributed by atoms with van der Waals surface area (Å²) in [5, 5.41) is 0.311. The van der Waals surface area contributed by atoms with Crippen LogP contribution in [0, 0.1) is 0 Å². The van der Waals surface area contributed by atoms with Gasteiger partial charge in [-0.1, -0.05) is 20.8 Å². The second-order valence-electron chi connectivity index (χ2n) is 5.88. The molecule has 1 fully saturated rings. The molecule has 1 heterocycles. The van der Waals surface area contributed by atoms with E-state index in [4.69, 9.17) is 9.16 Å². The number of hydrogen-bond acceptors (Lipinski definition) is 2. The minimum Gasteiger partial charge on any atom is -0.414 e. The zero-order valence-electron chi connectivity index (χ0n) is 10.4. The molecule has 2 atom stereocenters. The van der Waals surface area contributed by atoms with Crippen LogP contribution < -0.4 is 0 Å². The topological polar surface area (TPSA) is 21.8 Å². The average Bonchev–Trinajstić information content (AvgIpc) is 2.66. The molecule has 0 spiro atoms. The highest BCUT2D eigenvalue weighted by Crippen LogP contribution is 2.38. The van der Waals surface area contributed by atoms with Crippen molar-refractivity contribution in [2.45, 2.75) is 64.5 Å². The van der Waals surface area contributed by atoms with E-state index >= 15 is 0 Å². The van der Waals surface area contributed by atoms with Gasteiger partial charge in [-0.3, -0.25) is 0 Å². The molecule has 2 unspecified atom stereocenters. The highest BCUT2D eigenvalue weighted by atomic mass is 28.4. The number of ether oxygens (including phenoxy) is 1. The quantitative estimate of drug-likeness (QED) is 0.532. The molecule has 2 nitrogen and oxygen atoms in total. The number of rotatable bonds is 4. The van der Waals surface area contributed by atoms with Gasteiger partial charge in [-0.05, 0) is 25.1 Å². The van der Waals surface area contributed by atoms with Crippen molar-refractivity contribution in [2.24, 2.45) is 0 Å². The van der Waals surface area contributed by atoms with Crippen LogP contribution in [0.4, 0.5) is 0 Å². The molecule has 0 amide bonds. The lowest BCUT2D eigenvalue weighted by Gasteiger charge is -2.38. The maximum atomic E-state index is 6.21. The average molecular weight is 216 g/mol. The zero-order valence-corrected chi connectivity index (χ0v) is 11.4. The molecule has 0 saturated carbocycles. The molecule has 3 heteroatoms. The molecule has 1 rings (SSSR count). The van der Waals surface area contributed by atoms with Gasteiger partial charge in [0.25, 0.3) is 0 Å². The first-order chi connectivity index (χ1) is 6.22. The molecule has 0 aliphatic carbocycles. The third-order valence-electron chi connectivity index (χ3n) is 3.30. The van der Waals surface area contributed by atoms with Crippen LogP contribution in [0.5, 0.6) is 0 Å². The lowest BCUT2D eigenvalue weighted by atomic mass is 10.2. The van der Waals surface area contributed by atoms with E-state index in [1.807, 2.05) is 0 Å². The summed E-state index contributed by atoms with van der Waals surface area (Å²) in [7, 11) is -1.56. The van der Waals surface area contributed by atoms with E-state index in [0.717, 1.165) is 13.0 Å². The normalized spacial score (nSPS) is 24.9. The van der Waals surface area contributed by atoms with Crippen molar-refractivity contribution in [1.82, 2.24) is 0 Å². The third-order valence-corrected chi connectivity index (χ3v) is 7.90. The van der Waals surface area contributed by atoms with Gasteiger partial charge in [-0.2, -0.15) is 0 Å². The second kappa shape index (κ2) is 3.95. The Bertz CT molecular complexity index is 192. The van der Waals surface area contributed by atoms with Crippen molar-refractivity contribution in [3.63, 3.8) is 0 Å². The van der Waals surface area contributed by atoms with Gasteiger partial charge in [0.05, 0.1) is 12.7 Å². The van der Waals surface area contributed by atoms with Crippen LogP contribution in [0.2, 0.25) is 18.1 Å². The first-order valence-corrected chi connectivity index (χ1v) is 8.42. The molecule has 14 heavy (non-hydrogen) atoms. The Morgan fingerprint density at radius 2 is 1.93 bits per heavy atom. The summed E-state index contributed by atoms with van der Waals surface area (Å²) in [6.07, 6.45) is 1.89. The molecule has 0 bridgehead atoms. The van der Waals surface area contributed by atoms with Gasteiger partial charge in [0.2, 0.25) is 0 Å². The van der Waals surface area contributed by atoms with E-state index < -0.39 is 8.32 Å². The third kappa shape index (κ3) is 3.37. The molecule has 0 radical (unpaired) electrons. The lowest BCUT2D eigenvalue weighted by molar-refractivity contribution is 0.175. The Kier molecular flexibility index (Phi) is 3.44. The highest BCUT2D eigenvalue weighted by Gasteiger charge is 2.39. The molecule has 1 aliphatic rings. The zero-order chi connectivity index (χ0) is 11.0. The molecular formula is C11H24O2Si. The first kappa shape index (κ1) is 12.2. The van der Waals surface area contributed by atoms with Gasteiger partial charge in [0.1, 0.15) is 0 Å². The van der Waals surface area contributed by atoms with E-state index in [9.17, 15) is 0 Å². The predicted molar refractivity (Wildman–Crippen MR) is 62.1 cm³/mol. The smallest absolute Gasteiger partial charge is 0.192 e. The molecule has 0 aromatic rings. The van der Waals surface area contributed by atoms with Crippen molar-refractivity contribution in [2.75, 3.05) is 6.61 Å². The van der Waals surface area contributed by atoms with Crippen LogP contribution in [0.25, 0.3) is 0 Å². The van der Waals surface area contributed by atoms with Crippen LogP contribution in [-0.2, 0) is 9.16 Å². The van der Waals surface area contributed by atoms with E-state index in [1.54, 1.807) is 0 Å². The Labute approximate surface area is 89.1 Å². The number of epoxide rings is 1. The van der Waals surface area contributed by atoms with E-state index in [2.05, 4.69) is 40.8 Å². The minimum absolute atomic E-state index is 0.311. The molecule has 0 N–H and O–H groups in total. The largest absolute Gasteiger partial charge is 0.414 e. The standard InChI is InChI=1S/C11H24O2Si/c1-9(7-10-8-12-10)13-14(5,6)11(2,3)4/h9-10H,7-8H2,1-6H3. The van der Waals surface area contributed by atoms with Crippen molar-refractivity contribution in [3.8, 4) is 0 Å². The molecule has 1 aliphatic heterocycles. The Balaban J connectivity index is 2.39. The Morgan fingerprint density at radius 1 is 1.43 bits per heavy atom. The summed E-state index contributed by atoms with van der Waals surface area (Å²) < 4.78 is 11.4. The fourth-order valence-electron chi connectivity index (χ4n) is 1.30. The monoisotopic (exact) mass is 216 g/mol. The van der Waals surface area contributed by atoms with Crippen LogP contribution in [0.15, 0.2) is 0 Å². The fourth-order valence-corrected chi connectivity index (χ4v) is 2.76. The van der Waals surface area contributed by atoms with Gasteiger partial charge >= 0.3 is 0 Å². The summed E-state index contributed by atoms with van der Waals surface area (Å²) >= 11 is 0. The molecule has 0 aromatic heterocycles. The van der Waals surface area contributed by atoms with E-state index in [-0.39, 0.29) is 0 Å². The summed E-state index contributed by atoms with van der Waals surface area (Å²) in [6.45, 7) is 14.5. The lowest BCUT2D eigenvalue weighted by Crippen LogP contribution is -2.43. The predicted octanol–water partition coefficient (Wildman–Crippen LogP) is 3.19. The van der Waals surface area contributed by atoms with Crippen molar-refractivity contribution in [3.05, 3.63) is 0 Å². The van der Waals surface area contributed by atoms with Gasteiger partial charge < -0.3 is 9.16 Å². The molecular weight excluding hydrogens is 192 g/mol. The SMILES string of the molecule is CC(CC1CO1)O[Si](C)(C)C(C)(C)C. The summed E-state index contributed by atoms with van der Waals surface area (Å²) in [5.74, 6) is 0. The minimum atomic E-state index is -1.56.